The largest absolute Gasteiger partial charge is 0.392 e. The second kappa shape index (κ2) is 10.4. The first kappa shape index (κ1) is 26.7. The molecule has 36 heavy (non-hydrogen) atoms. The molecule has 0 unspecified atom stereocenters. The first-order chi connectivity index (χ1) is 16.9. The molecule has 4 heterocycles. The molecule has 16 heteroatoms. The van der Waals surface area contributed by atoms with E-state index >= 15 is 0 Å². The van der Waals surface area contributed by atoms with Crippen LogP contribution in [0.3, 0.4) is 0 Å². The van der Waals surface area contributed by atoms with Crippen molar-refractivity contribution in [2.45, 2.75) is 16.7 Å². The molecule has 0 amide bonds. The highest BCUT2D eigenvalue weighted by Crippen LogP contribution is 2.17. The van der Waals surface area contributed by atoms with Gasteiger partial charge in [0.25, 0.3) is 0 Å². The number of hydrogen-bond acceptors (Lipinski definition) is 10. The number of aromatic nitrogens is 6. The van der Waals surface area contributed by atoms with Crippen LogP contribution in [0, 0.1) is 11.6 Å². The van der Waals surface area contributed by atoms with Crippen molar-refractivity contribution in [3.05, 3.63) is 71.8 Å². The van der Waals surface area contributed by atoms with Crippen molar-refractivity contribution in [3.63, 3.8) is 0 Å². The molecule has 4 aromatic rings. The lowest BCUT2D eigenvalue weighted by Crippen LogP contribution is -2.05. The third-order valence-electron chi connectivity index (χ3n) is 4.40. The first-order valence-corrected chi connectivity index (χ1v) is 13.5. The normalized spacial score (nSPS) is 11.6. The minimum atomic E-state index is -3.76. The minimum absolute atomic E-state index is 0.0706. The van der Waals surface area contributed by atoms with Crippen molar-refractivity contribution >= 4 is 26.0 Å². The minimum Gasteiger partial charge on any atom is -0.392 e. The number of carbonyl (C=O) groups excluding carboxylic acids is 1. The molecule has 0 atom stereocenters. The van der Waals surface area contributed by atoms with Gasteiger partial charge in [0.2, 0.25) is 10.1 Å². The fourth-order valence-corrected chi connectivity index (χ4v) is 4.13. The van der Waals surface area contributed by atoms with Crippen LogP contribution in [0.1, 0.15) is 15.9 Å². The summed E-state index contributed by atoms with van der Waals surface area (Å²) in [6.07, 6.45) is 6.86. The molecule has 0 bridgehead atoms. The third-order valence-corrected chi connectivity index (χ3v) is 6.35. The van der Waals surface area contributed by atoms with Gasteiger partial charge in [0.15, 0.2) is 49.2 Å². The van der Waals surface area contributed by atoms with Crippen LogP contribution < -0.4 is 0 Å². The fraction of sp³-hybridized carbons (Fsp3) is 0.150. The quantitative estimate of drug-likeness (QED) is 0.347. The number of nitrogens with zero attached hydrogens (tertiary/aromatic N) is 6. The summed E-state index contributed by atoms with van der Waals surface area (Å²) in [6.45, 7) is -0.307. The summed E-state index contributed by atoms with van der Waals surface area (Å²) in [4.78, 5) is 18.6. The van der Waals surface area contributed by atoms with Crippen molar-refractivity contribution in [1.82, 2.24) is 29.5 Å². The standard InChI is InChI=1S/C10H10FN3O3S.C10H8FN3O3S/c2*1-18(16,17)10-8(11)5-14(13-10)9-7(6-15)3-2-4-12-9/h2-5,15H,6H2,1H3;2-6H,1H3. The summed E-state index contributed by atoms with van der Waals surface area (Å²) in [5.41, 5.74) is 0.597. The summed E-state index contributed by atoms with van der Waals surface area (Å²) in [6, 6.07) is 6.19. The second-order valence-electron chi connectivity index (χ2n) is 7.18. The zero-order valence-corrected chi connectivity index (χ0v) is 20.3. The van der Waals surface area contributed by atoms with Crippen molar-refractivity contribution < 1.29 is 35.5 Å². The van der Waals surface area contributed by atoms with Gasteiger partial charge in [0.1, 0.15) is 0 Å². The van der Waals surface area contributed by atoms with E-state index in [0.29, 0.717) is 11.8 Å². The number of sulfone groups is 2. The van der Waals surface area contributed by atoms with Crippen LogP contribution in [-0.4, -0.2) is 70.3 Å². The SMILES string of the molecule is CS(=O)(=O)c1nn(-c2ncccc2C=O)cc1F.CS(=O)(=O)c1nn(-c2ncccc2CO)cc1F. The van der Waals surface area contributed by atoms with Gasteiger partial charge in [0.05, 0.1) is 24.6 Å². The van der Waals surface area contributed by atoms with E-state index in [1.165, 1.54) is 24.5 Å². The molecule has 0 radical (unpaired) electrons. The highest BCUT2D eigenvalue weighted by Gasteiger charge is 2.21. The lowest BCUT2D eigenvalue weighted by Gasteiger charge is -2.04. The maximum Gasteiger partial charge on any atom is 0.212 e. The third kappa shape index (κ3) is 5.84. The molecule has 12 nitrogen and oxygen atoms in total. The zero-order valence-electron chi connectivity index (χ0n) is 18.6. The Labute approximate surface area is 203 Å². The molecule has 0 aliphatic heterocycles. The van der Waals surface area contributed by atoms with Gasteiger partial charge >= 0.3 is 0 Å². The Kier molecular flexibility index (Phi) is 7.71. The van der Waals surface area contributed by atoms with E-state index in [1.54, 1.807) is 12.1 Å². The van der Waals surface area contributed by atoms with E-state index in [9.17, 15) is 30.4 Å². The summed E-state index contributed by atoms with van der Waals surface area (Å²) >= 11 is 0. The number of aliphatic hydroxyl groups excluding tert-OH is 1. The number of rotatable bonds is 6. The Morgan fingerprint density at radius 1 is 0.861 bits per heavy atom. The topological polar surface area (TPSA) is 167 Å². The number of halogens is 2. The van der Waals surface area contributed by atoms with Gasteiger partial charge in [-0.2, -0.15) is 10.2 Å². The Morgan fingerprint density at radius 3 is 1.78 bits per heavy atom. The Morgan fingerprint density at radius 2 is 1.33 bits per heavy atom. The van der Waals surface area contributed by atoms with E-state index in [0.717, 1.165) is 34.3 Å². The van der Waals surface area contributed by atoms with E-state index < -0.39 is 41.4 Å². The predicted octanol–water partition coefficient (Wildman–Crippen LogP) is 0.925. The highest BCUT2D eigenvalue weighted by atomic mass is 32.2. The molecule has 1 N–H and O–H groups in total. The molecule has 4 aromatic heterocycles. The Balaban J connectivity index is 0.000000201. The first-order valence-electron chi connectivity index (χ1n) is 9.73. The Hall–Kier alpha value is -3.89. The lowest BCUT2D eigenvalue weighted by molar-refractivity contribution is 0.112. The average molecular weight is 541 g/mol. The fourth-order valence-electron chi connectivity index (χ4n) is 2.85. The molecule has 0 aliphatic carbocycles. The number of hydrogen-bond donors (Lipinski definition) is 1. The van der Waals surface area contributed by atoms with Crippen molar-refractivity contribution in [2.24, 2.45) is 0 Å². The highest BCUT2D eigenvalue weighted by molar-refractivity contribution is 7.90. The molecular weight excluding hydrogens is 522 g/mol. The lowest BCUT2D eigenvalue weighted by atomic mass is 10.3. The maximum atomic E-state index is 13.5. The van der Waals surface area contributed by atoms with Gasteiger partial charge in [-0.25, -0.2) is 44.9 Å². The molecule has 190 valence electrons. The van der Waals surface area contributed by atoms with Crippen LogP contribution in [0.4, 0.5) is 8.78 Å². The van der Waals surface area contributed by atoms with E-state index in [2.05, 4.69) is 20.2 Å². The van der Waals surface area contributed by atoms with Gasteiger partial charge in [-0.15, -0.1) is 0 Å². The van der Waals surface area contributed by atoms with E-state index in [1.807, 2.05) is 0 Å². The predicted molar refractivity (Wildman–Crippen MR) is 120 cm³/mol. The van der Waals surface area contributed by atoms with E-state index in [4.69, 9.17) is 5.11 Å². The number of aliphatic hydroxyl groups is 1. The molecule has 0 saturated carbocycles. The maximum absolute atomic E-state index is 13.5. The van der Waals surface area contributed by atoms with Gasteiger partial charge in [-0.05, 0) is 18.2 Å². The summed E-state index contributed by atoms with van der Waals surface area (Å²) in [7, 11) is -7.50. The van der Waals surface area contributed by atoms with Crippen molar-refractivity contribution in [3.8, 4) is 11.6 Å². The van der Waals surface area contributed by atoms with Gasteiger partial charge < -0.3 is 5.11 Å². The average Bonchev–Trinajstić information content (AvgIpc) is 3.42. The molecule has 0 saturated heterocycles. The number of carbonyl (C=O) groups is 1. The Bertz CT molecular complexity index is 1630. The van der Waals surface area contributed by atoms with Crippen LogP contribution >= 0.6 is 0 Å². The van der Waals surface area contributed by atoms with Crippen LogP contribution in [0.15, 0.2) is 59.1 Å². The van der Waals surface area contributed by atoms with E-state index in [-0.39, 0.29) is 23.8 Å². The molecule has 0 aromatic carbocycles. The molecule has 0 aliphatic rings. The van der Waals surface area contributed by atoms with Crippen molar-refractivity contribution in [1.29, 1.82) is 0 Å². The summed E-state index contributed by atoms with van der Waals surface area (Å²) in [5.74, 6) is -1.68. The van der Waals surface area contributed by atoms with Crippen LogP contribution in [0.25, 0.3) is 11.6 Å². The van der Waals surface area contributed by atoms with Gasteiger partial charge in [-0.1, -0.05) is 6.07 Å². The monoisotopic (exact) mass is 540 g/mol. The molecule has 0 fully saturated rings. The van der Waals surface area contributed by atoms with Crippen LogP contribution in [0.2, 0.25) is 0 Å². The number of pyridine rings is 2. The van der Waals surface area contributed by atoms with Crippen LogP contribution in [0.5, 0.6) is 0 Å². The molecule has 0 spiro atoms. The van der Waals surface area contributed by atoms with Gasteiger partial charge in [0, 0.05) is 30.5 Å². The number of aldehydes is 1. The van der Waals surface area contributed by atoms with Crippen LogP contribution in [-0.2, 0) is 26.3 Å². The zero-order chi connectivity index (χ0) is 26.7. The summed E-state index contributed by atoms with van der Waals surface area (Å²) < 4.78 is 73.9. The second-order valence-corrected chi connectivity index (χ2v) is 11.0. The molecule has 4 rings (SSSR count). The summed E-state index contributed by atoms with van der Waals surface area (Å²) in [5, 5.41) is 15.0. The van der Waals surface area contributed by atoms with Crippen molar-refractivity contribution in [2.75, 3.05) is 12.5 Å². The molecular formula is C20H18F2N6O6S2. The van der Waals surface area contributed by atoms with Gasteiger partial charge in [-0.3, -0.25) is 4.79 Å². The smallest absolute Gasteiger partial charge is 0.212 e.